The summed E-state index contributed by atoms with van der Waals surface area (Å²) in [5.74, 6) is 0. The standard InChI is InChI=1S/C9H16N4/c1-7-8(4-11-12-7)5-13-3-2-9(10)6-13/h4,9H,2-3,5-6,10H2,1H3,(H,11,12). The van der Waals surface area contributed by atoms with Crippen LogP contribution in [0.4, 0.5) is 0 Å². The van der Waals surface area contributed by atoms with E-state index in [9.17, 15) is 0 Å². The van der Waals surface area contributed by atoms with Gasteiger partial charge in [-0.15, -0.1) is 0 Å². The fourth-order valence-electron chi connectivity index (χ4n) is 1.78. The van der Waals surface area contributed by atoms with Crippen molar-refractivity contribution in [1.29, 1.82) is 0 Å². The van der Waals surface area contributed by atoms with Crippen molar-refractivity contribution in [1.82, 2.24) is 15.1 Å². The number of aryl methyl sites for hydroxylation is 1. The van der Waals surface area contributed by atoms with E-state index in [0.717, 1.165) is 26.1 Å². The highest BCUT2D eigenvalue weighted by atomic mass is 15.2. The molecule has 0 saturated carbocycles. The van der Waals surface area contributed by atoms with Crippen LogP contribution in [0.25, 0.3) is 0 Å². The van der Waals surface area contributed by atoms with Crippen molar-refractivity contribution in [2.24, 2.45) is 5.73 Å². The molecule has 72 valence electrons. The maximum Gasteiger partial charge on any atom is 0.0535 e. The van der Waals surface area contributed by atoms with Gasteiger partial charge in [0.05, 0.1) is 6.20 Å². The second-order valence-corrected chi connectivity index (χ2v) is 3.80. The number of aromatic amines is 1. The Balaban J connectivity index is 1.95. The molecule has 1 atom stereocenters. The first kappa shape index (κ1) is 8.72. The van der Waals surface area contributed by atoms with Crippen LogP contribution >= 0.6 is 0 Å². The van der Waals surface area contributed by atoms with E-state index in [-0.39, 0.29) is 0 Å². The van der Waals surface area contributed by atoms with Gasteiger partial charge in [-0.25, -0.2) is 0 Å². The topological polar surface area (TPSA) is 57.9 Å². The molecule has 2 rings (SSSR count). The molecule has 4 heteroatoms. The number of hydrogen-bond donors (Lipinski definition) is 2. The van der Waals surface area contributed by atoms with Crippen LogP contribution in [0.5, 0.6) is 0 Å². The maximum absolute atomic E-state index is 5.83. The summed E-state index contributed by atoms with van der Waals surface area (Å²) in [4.78, 5) is 2.38. The Morgan fingerprint density at radius 3 is 3.15 bits per heavy atom. The molecule has 1 fully saturated rings. The average molecular weight is 180 g/mol. The summed E-state index contributed by atoms with van der Waals surface area (Å²) in [6.07, 6.45) is 3.02. The van der Waals surface area contributed by atoms with E-state index in [4.69, 9.17) is 5.73 Å². The summed E-state index contributed by atoms with van der Waals surface area (Å²) in [6, 6.07) is 0.368. The average Bonchev–Trinajstić information content (AvgIpc) is 2.64. The zero-order valence-electron chi connectivity index (χ0n) is 7.95. The number of rotatable bonds is 2. The van der Waals surface area contributed by atoms with Crippen molar-refractivity contribution in [3.63, 3.8) is 0 Å². The van der Waals surface area contributed by atoms with E-state index in [1.54, 1.807) is 0 Å². The predicted octanol–water partition coefficient (Wildman–Crippen LogP) is 0.251. The first-order valence-corrected chi connectivity index (χ1v) is 4.72. The molecule has 1 aliphatic rings. The molecule has 0 amide bonds. The van der Waals surface area contributed by atoms with Crippen LogP contribution in [0.1, 0.15) is 17.7 Å². The maximum atomic E-state index is 5.83. The van der Waals surface area contributed by atoms with Crippen LogP contribution in [0.3, 0.4) is 0 Å². The normalized spacial score (nSPS) is 24.0. The number of nitrogens with two attached hydrogens (primary N) is 1. The van der Waals surface area contributed by atoms with Crippen LogP contribution in [-0.2, 0) is 6.54 Å². The molecule has 0 aliphatic carbocycles. The Morgan fingerprint density at radius 2 is 2.62 bits per heavy atom. The lowest BCUT2D eigenvalue weighted by Crippen LogP contribution is -2.26. The summed E-state index contributed by atoms with van der Waals surface area (Å²) in [5, 5.41) is 6.95. The molecule has 0 radical (unpaired) electrons. The molecule has 1 saturated heterocycles. The zero-order chi connectivity index (χ0) is 9.26. The molecular weight excluding hydrogens is 164 g/mol. The van der Waals surface area contributed by atoms with Crippen molar-refractivity contribution in [2.45, 2.75) is 25.9 Å². The summed E-state index contributed by atoms with van der Waals surface area (Å²) < 4.78 is 0. The Morgan fingerprint density at radius 1 is 1.77 bits per heavy atom. The van der Waals surface area contributed by atoms with Gasteiger partial charge < -0.3 is 5.73 Å². The minimum absolute atomic E-state index is 0.368. The predicted molar refractivity (Wildman–Crippen MR) is 51.2 cm³/mol. The molecule has 2 heterocycles. The first-order chi connectivity index (χ1) is 6.25. The van der Waals surface area contributed by atoms with Gasteiger partial charge in [-0.05, 0) is 13.3 Å². The van der Waals surface area contributed by atoms with Gasteiger partial charge in [-0.2, -0.15) is 5.10 Å². The number of aromatic nitrogens is 2. The van der Waals surface area contributed by atoms with E-state index in [0.29, 0.717) is 6.04 Å². The van der Waals surface area contributed by atoms with Gasteiger partial charge in [-0.1, -0.05) is 0 Å². The van der Waals surface area contributed by atoms with E-state index in [2.05, 4.69) is 22.0 Å². The van der Waals surface area contributed by atoms with Crippen molar-refractivity contribution < 1.29 is 0 Å². The lowest BCUT2D eigenvalue weighted by molar-refractivity contribution is 0.326. The van der Waals surface area contributed by atoms with Gasteiger partial charge in [0.1, 0.15) is 0 Å². The number of likely N-dealkylation sites (tertiary alicyclic amines) is 1. The number of hydrogen-bond acceptors (Lipinski definition) is 3. The Bertz CT molecular complexity index is 281. The summed E-state index contributed by atoms with van der Waals surface area (Å²) in [7, 11) is 0. The van der Waals surface area contributed by atoms with Crippen LogP contribution in [0.2, 0.25) is 0 Å². The largest absolute Gasteiger partial charge is 0.326 e. The second kappa shape index (κ2) is 3.47. The van der Waals surface area contributed by atoms with Crippen molar-refractivity contribution in [3.05, 3.63) is 17.5 Å². The highest BCUT2D eigenvalue weighted by molar-refractivity contribution is 5.14. The molecular formula is C9H16N4. The second-order valence-electron chi connectivity index (χ2n) is 3.80. The molecule has 3 N–H and O–H groups in total. The zero-order valence-corrected chi connectivity index (χ0v) is 7.95. The van der Waals surface area contributed by atoms with Gasteiger partial charge in [0.25, 0.3) is 0 Å². The third-order valence-electron chi connectivity index (χ3n) is 2.64. The highest BCUT2D eigenvalue weighted by Gasteiger charge is 2.19. The smallest absolute Gasteiger partial charge is 0.0535 e. The molecule has 1 aromatic heterocycles. The third-order valence-corrected chi connectivity index (χ3v) is 2.64. The van der Waals surface area contributed by atoms with E-state index in [1.165, 1.54) is 11.3 Å². The Kier molecular flexibility index (Phi) is 2.33. The molecule has 0 spiro atoms. The fourth-order valence-corrected chi connectivity index (χ4v) is 1.78. The molecule has 13 heavy (non-hydrogen) atoms. The molecule has 1 aliphatic heterocycles. The lowest BCUT2D eigenvalue weighted by atomic mass is 10.2. The van der Waals surface area contributed by atoms with Gasteiger partial charge in [-0.3, -0.25) is 10.00 Å². The molecule has 0 aromatic carbocycles. The molecule has 0 bridgehead atoms. The van der Waals surface area contributed by atoms with E-state index >= 15 is 0 Å². The first-order valence-electron chi connectivity index (χ1n) is 4.72. The van der Waals surface area contributed by atoms with Crippen molar-refractivity contribution >= 4 is 0 Å². The van der Waals surface area contributed by atoms with Crippen LogP contribution in [0, 0.1) is 6.92 Å². The van der Waals surface area contributed by atoms with E-state index < -0.39 is 0 Å². The summed E-state index contributed by atoms with van der Waals surface area (Å²) >= 11 is 0. The number of nitrogens with one attached hydrogen (secondary N) is 1. The van der Waals surface area contributed by atoms with Gasteiger partial charge in [0, 0.05) is 36.9 Å². The fraction of sp³-hybridized carbons (Fsp3) is 0.667. The SMILES string of the molecule is Cc1[nH]ncc1CN1CCC(N)C1. The molecule has 1 unspecified atom stereocenters. The molecule has 1 aromatic rings. The highest BCUT2D eigenvalue weighted by Crippen LogP contribution is 2.13. The lowest BCUT2D eigenvalue weighted by Gasteiger charge is -2.13. The molecule has 4 nitrogen and oxygen atoms in total. The number of H-pyrrole nitrogens is 1. The Labute approximate surface area is 78.1 Å². The van der Waals surface area contributed by atoms with Gasteiger partial charge >= 0.3 is 0 Å². The van der Waals surface area contributed by atoms with Gasteiger partial charge in [0.2, 0.25) is 0 Å². The van der Waals surface area contributed by atoms with Crippen LogP contribution in [-0.4, -0.2) is 34.2 Å². The minimum Gasteiger partial charge on any atom is -0.326 e. The van der Waals surface area contributed by atoms with Crippen molar-refractivity contribution in [3.8, 4) is 0 Å². The monoisotopic (exact) mass is 180 g/mol. The minimum atomic E-state index is 0.368. The van der Waals surface area contributed by atoms with Crippen LogP contribution < -0.4 is 5.73 Å². The summed E-state index contributed by atoms with van der Waals surface area (Å²) in [6.45, 7) is 5.17. The van der Waals surface area contributed by atoms with Crippen LogP contribution in [0.15, 0.2) is 6.20 Å². The van der Waals surface area contributed by atoms with Crippen molar-refractivity contribution in [2.75, 3.05) is 13.1 Å². The third kappa shape index (κ3) is 1.89. The number of nitrogens with zero attached hydrogens (tertiary/aromatic N) is 2. The quantitative estimate of drug-likeness (QED) is 0.686. The summed E-state index contributed by atoms with van der Waals surface area (Å²) in [5.41, 5.74) is 8.28. The van der Waals surface area contributed by atoms with Gasteiger partial charge in [0.15, 0.2) is 0 Å². The van der Waals surface area contributed by atoms with E-state index in [1.807, 2.05) is 6.20 Å². The Hall–Kier alpha value is -0.870.